The van der Waals surface area contributed by atoms with Gasteiger partial charge >= 0.3 is 0 Å². The molecule has 0 aliphatic rings. The molecule has 0 bridgehead atoms. The quantitative estimate of drug-likeness (QED) is 0.896. The molecule has 0 aliphatic heterocycles. The Bertz CT molecular complexity index is 539. The first-order valence-electron chi connectivity index (χ1n) is 6.42. The second kappa shape index (κ2) is 7.09. The van der Waals surface area contributed by atoms with E-state index in [0.29, 0.717) is 23.1 Å². The first kappa shape index (κ1) is 15.3. The summed E-state index contributed by atoms with van der Waals surface area (Å²) < 4.78 is 0. The number of hydrogen-bond acceptors (Lipinski definition) is 2. The summed E-state index contributed by atoms with van der Waals surface area (Å²) in [6, 6.07) is 15.1. The van der Waals surface area contributed by atoms with E-state index in [4.69, 9.17) is 23.2 Å². The van der Waals surface area contributed by atoms with E-state index in [2.05, 4.69) is 0 Å². The van der Waals surface area contributed by atoms with Gasteiger partial charge in [0.05, 0.1) is 6.10 Å². The van der Waals surface area contributed by atoms with Crippen LogP contribution < -0.4 is 0 Å². The van der Waals surface area contributed by atoms with Crippen LogP contribution in [-0.4, -0.2) is 23.6 Å². The second-order valence-electron chi connectivity index (χ2n) is 4.82. The predicted octanol–water partition coefficient (Wildman–Crippen LogP) is 4.16. The Balaban J connectivity index is 2.01. The van der Waals surface area contributed by atoms with E-state index in [9.17, 15) is 5.11 Å². The summed E-state index contributed by atoms with van der Waals surface area (Å²) in [5.41, 5.74) is 1.79. The number of rotatable bonds is 5. The highest BCUT2D eigenvalue weighted by Gasteiger charge is 2.13. The molecular formula is C16H17Cl2NO. The van der Waals surface area contributed by atoms with Crippen molar-refractivity contribution in [2.75, 3.05) is 13.6 Å². The lowest BCUT2D eigenvalue weighted by molar-refractivity contribution is 0.124. The van der Waals surface area contributed by atoms with Crippen molar-refractivity contribution in [1.29, 1.82) is 0 Å². The molecule has 0 aliphatic carbocycles. The topological polar surface area (TPSA) is 23.5 Å². The number of benzene rings is 2. The fraction of sp³-hybridized carbons (Fsp3) is 0.250. The Morgan fingerprint density at radius 3 is 2.20 bits per heavy atom. The Morgan fingerprint density at radius 2 is 1.60 bits per heavy atom. The van der Waals surface area contributed by atoms with Gasteiger partial charge < -0.3 is 5.11 Å². The molecule has 20 heavy (non-hydrogen) atoms. The van der Waals surface area contributed by atoms with Gasteiger partial charge in [-0.05, 0) is 24.7 Å². The normalized spacial score (nSPS) is 12.7. The molecular weight excluding hydrogens is 293 g/mol. The average molecular weight is 310 g/mol. The van der Waals surface area contributed by atoms with Crippen LogP contribution in [0.15, 0.2) is 48.5 Å². The van der Waals surface area contributed by atoms with E-state index in [1.54, 1.807) is 0 Å². The minimum atomic E-state index is -0.525. The monoisotopic (exact) mass is 309 g/mol. The second-order valence-corrected chi connectivity index (χ2v) is 5.64. The SMILES string of the molecule is CN(Cc1c(Cl)cccc1Cl)C[C@@H](O)c1ccccc1. The maximum absolute atomic E-state index is 10.2. The van der Waals surface area contributed by atoms with Crippen molar-refractivity contribution < 1.29 is 5.11 Å². The van der Waals surface area contributed by atoms with E-state index in [-0.39, 0.29) is 0 Å². The fourth-order valence-electron chi connectivity index (χ4n) is 2.09. The molecule has 2 aromatic carbocycles. The first-order chi connectivity index (χ1) is 9.58. The Morgan fingerprint density at radius 1 is 1.00 bits per heavy atom. The zero-order valence-electron chi connectivity index (χ0n) is 11.3. The Labute approximate surface area is 129 Å². The van der Waals surface area contributed by atoms with E-state index >= 15 is 0 Å². The summed E-state index contributed by atoms with van der Waals surface area (Å²) in [4.78, 5) is 2.00. The largest absolute Gasteiger partial charge is 0.387 e. The number of aliphatic hydroxyl groups excluding tert-OH is 1. The van der Waals surface area contributed by atoms with Gasteiger partial charge in [-0.1, -0.05) is 59.6 Å². The van der Waals surface area contributed by atoms with E-state index in [1.807, 2.05) is 60.5 Å². The smallest absolute Gasteiger partial charge is 0.0916 e. The predicted molar refractivity (Wildman–Crippen MR) is 84.2 cm³/mol. The molecule has 106 valence electrons. The highest BCUT2D eigenvalue weighted by molar-refractivity contribution is 6.35. The molecule has 0 aromatic heterocycles. The maximum Gasteiger partial charge on any atom is 0.0916 e. The van der Waals surface area contributed by atoms with Crippen LogP contribution in [0.4, 0.5) is 0 Å². The molecule has 0 spiro atoms. The fourth-order valence-corrected chi connectivity index (χ4v) is 2.61. The minimum absolute atomic E-state index is 0.519. The summed E-state index contributed by atoms with van der Waals surface area (Å²) in [6.07, 6.45) is -0.525. The minimum Gasteiger partial charge on any atom is -0.387 e. The highest BCUT2D eigenvalue weighted by Crippen LogP contribution is 2.26. The van der Waals surface area contributed by atoms with Gasteiger partial charge in [0.25, 0.3) is 0 Å². The number of nitrogens with zero attached hydrogens (tertiary/aromatic N) is 1. The number of halogens is 2. The van der Waals surface area contributed by atoms with Crippen molar-refractivity contribution in [1.82, 2.24) is 4.90 Å². The molecule has 2 aromatic rings. The van der Waals surface area contributed by atoms with Gasteiger partial charge in [0, 0.05) is 28.7 Å². The van der Waals surface area contributed by atoms with Crippen molar-refractivity contribution in [2.24, 2.45) is 0 Å². The van der Waals surface area contributed by atoms with Crippen molar-refractivity contribution in [3.8, 4) is 0 Å². The molecule has 0 fully saturated rings. The third-order valence-corrected chi connectivity index (χ3v) is 3.87. The molecule has 1 N–H and O–H groups in total. The van der Waals surface area contributed by atoms with Crippen molar-refractivity contribution >= 4 is 23.2 Å². The molecule has 2 rings (SSSR count). The molecule has 0 unspecified atom stereocenters. The molecule has 4 heteroatoms. The molecule has 0 heterocycles. The van der Waals surface area contributed by atoms with Crippen molar-refractivity contribution in [3.05, 3.63) is 69.7 Å². The maximum atomic E-state index is 10.2. The summed E-state index contributed by atoms with van der Waals surface area (Å²) in [5, 5.41) is 11.5. The van der Waals surface area contributed by atoms with E-state index in [1.165, 1.54) is 0 Å². The van der Waals surface area contributed by atoms with Crippen molar-refractivity contribution in [3.63, 3.8) is 0 Å². The number of likely N-dealkylation sites (N-methyl/N-ethyl adjacent to an activating group) is 1. The van der Waals surface area contributed by atoms with Crippen LogP contribution in [-0.2, 0) is 6.54 Å². The van der Waals surface area contributed by atoms with E-state index < -0.39 is 6.10 Å². The lowest BCUT2D eigenvalue weighted by Crippen LogP contribution is -2.24. The van der Waals surface area contributed by atoms with Crippen LogP contribution >= 0.6 is 23.2 Å². The van der Waals surface area contributed by atoms with Gasteiger partial charge in [0.15, 0.2) is 0 Å². The van der Waals surface area contributed by atoms with Crippen molar-refractivity contribution in [2.45, 2.75) is 12.6 Å². The summed E-state index contributed by atoms with van der Waals surface area (Å²) in [7, 11) is 1.94. The number of aliphatic hydroxyl groups is 1. The van der Waals surface area contributed by atoms with Crippen LogP contribution in [0.5, 0.6) is 0 Å². The Kier molecular flexibility index (Phi) is 5.44. The van der Waals surface area contributed by atoms with Gasteiger partial charge in [0.2, 0.25) is 0 Å². The molecule has 2 nitrogen and oxygen atoms in total. The van der Waals surface area contributed by atoms with Gasteiger partial charge in [0.1, 0.15) is 0 Å². The molecule has 0 radical (unpaired) electrons. The zero-order chi connectivity index (χ0) is 14.5. The third-order valence-electron chi connectivity index (χ3n) is 3.16. The summed E-state index contributed by atoms with van der Waals surface area (Å²) in [6.45, 7) is 1.12. The number of hydrogen-bond donors (Lipinski definition) is 1. The summed E-state index contributed by atoms with van der Waals surface area (Å²) >= 11 is 12.3. The van der Waals surface area contributed by atoms with E-state index in [0.717, 1.165) is 11.1 Å². The molecule has 1 atom stereocenters. The molecule has 0 saturated heterocycles. The third kappa shape index (κ3) is 3.97. The molecule has 0 saturated carbocycles. The van der Waals surface area contributed by atoms with Crippen LogP contribution in [0.2, 0.25) is 10.0 Å². The highest BCUT2D eigenvalue weighted by atomic mass is 35.5. The molecule has 0 amide bonds. The van der Waals surface area contributed by atoms with Gasteiger partial charge in [-0.25, -0.2) is 0 Å². The van der Waals surface area contributed by atoms with Gasteiger partial charge in [-0.2, -0.15) is 0 Å². The van der Waals surface area contributed by atoms with Gasteiger partial charge in [-0.15, -0.1) is 0 Å². The average Bonchev–Trinajstić information content (AvgIpc) is 2.44. The lowest BCUT2D eigenvalue weighted by Gasteiger charge is -2.22. The first-order valence-corrected chi connectivity index (χ1v) is 7.18. The zero-order valence-corrected chi connectivity index (χ0v) is 12.8. The van der Waals surface area contributed by atoms with Crippen LogP contribution in [0.3, 0.4) is 0 Å². The summed E-state index contributed by atoms with van der Waals surface area (Å²) in [5.74, 6) is 0. The standard InChI is InChI=1S/C16H17Cl2NO/c1-19(10-13-14(17)8-5-9-15(13)18)11-16(20)12-6-3-2-4-7-12/h2-9,16,20H,10-11H2,1H3/t16-/m1/s1. The Hall–Kier alpha value is -1.06. The van der Waals surface area contributed by atoms with Gasteiger partial charge in [-0.3, -0.25) is 4.90 Å². The van der Waals surface area contributed by atoms with Crippen LogP contribution in [0.25, 0.3) is 0 Å². The van der Waals surface area contributed by atoms with Crippen LogP contribution in [0, 0.1) is 0 Å². The lowest BCUT2D eigenvalue weighted by atomic mass is 10.1. The van der Waals surface area contributed by atoms with Crippen LogP contribution in [0.1, 0.15) is 17.2 Å².